The van der Waals surface area contributed by atoms with Crippen LogP contribution < -0.4 is 14.2 Å². The van der Waals surface area contributed by atoms with Crippen molar-refractivity contribution in [2.45, 2.75) is 10.6 Å². The summed E-state index contributed by atoms with van der Waals surface area (Å²) >= 11 is 0. The summed E-state index contributed by atoms with van der Waals surface area (Å²) in [5, 5.41) is 0. The van der Waals surface area contributed by atoms with Gasteiger partial charge in [0.25, 0.3) is 0 Å². The van der Waals surface area contributed by atoms with Crippen LogP contribution in [-0.2, 0) is 16.6 Å². The molecule has 0 spiro atoms. The molecule has 2 aromatic rings. The maximum atomic E-state index is 12.5. The first-order chi connectivity index (χ1) is 10.2. The van der Waals surface area contributed by atoms with Crippen LogP contribution in [0.2, 0.25) is 0 Å². The number of benzene rings is 2. The second-order valence-corrected chi connectivity index (χ2v) is 5.79. The number of methoxy groups -OCH3 is 3. The molecular weight excluding hydrogens is 288 g/mol. The molecule has 5 heteroatoms. The molecule has 4 nitrogen and oxygen atoms in total. The zero-order valence-electron chi connectivity index (χ0n) is 12.3. The summed E-state index contributed by atoms with van der Waals surface area (Å²) < 4.78 is 28.1. The number of ether oxygens (including phenoxy) is 3. The molecule has 0 bridgehead atoms. The lowest BCUT2D eigenvalue weighted by atomic mass is 10.2. The first-order valence-corrected chi connectivity index (χ1v) is 7.73. The third-order valence-electron chi connectivity index (χ3n) is 3.10. The molecule has 112 valence electrons. The Morgan fingerprint density at radius 2 is 1.48 bits per heavy atom. The standard InChI is InChI=1S/C16H18O4S/c1-18-13-4-7-15(8-5-13)21(17)11-12-10-14(19-2)6-9-16(12)20-3/h4-10H,11H2,1-3H3. The van der Waals surface area contributed by atoms with Crippen LogP contribution in [0.3, 0.4) is 0 Å². The number of rotatable bonds is 6. The van der Waals surface area contributed by atoms with Gasteiger partial charge in [-0.25, -0.2) is 0 Å². The molecule has 1 atom stereocenters. The van der Waals surface area contributed by atoms with E-state index in [0.717, 1.165) is 22.0 Å². The summed E-state index contributed by atoms with van der Waals surface area (Å²) in [6.45, 7) is 0. The van der Waals surface area contributed by atoms with Crippen LogP contribution in [0.15, 0.2) is 47.4 Å². The smallest absolute Gasteiger partial charge is 0.123 e. The molecule has 0 radical (unpaired) electrons. The molecule has 0 aliphatic carbocycles. The van der Waals surface area contributed by atoms with E-state index in [4.69, 9.17) is 14.2 Å². The molecule has 1 unspecified atom stereocenters. The van der Waals surface area contributed by atoms with Crippen molar-refractivity contribution < 1.29 is 18.4 Å². The predicted molar refractivity (Wildman–Crippen MR) is 82.7 cm³/mol. The summed E-state index contributed by atoms with van der Waals surface area (Å²) in [7, 11) is 3.65. The van der Waals surface area contributed by atoms with E-state index in [1.165, 1.54) is 0 Å². The Morgan fingerprint density at radius 3 is 2.05 bits per heavy atom. The molecule has 0 aromatic heterocycles. The van der Waals surface area contributed by atoms with Gasteiger partial charge in [-0.3, -0.25) is 4.21 Å². The quantitative estimate of drug-likeness (QED) is 0.823. The van der Waals surface area contributed by atoms with Crippen LogP contribution in [0.4, 0.5) is 0 Å². The van der Waals surface area contributed by atoms with Crippen molar-refractivity contribution in [2.24, 2.45) is 0 Å². The van der Waals surface area contributed by atoms with Gasteiger partial charge in [-0.05, 0) is 42.5 Å². The van der Waals surface area contributed by atoms with Gasteiger partial charge in [-0.2, -0.15) is 0 Å². The number of hydrogen-bond donors (Lipinski definition) is 0. The highest BCUT2D eigenvalue weighted by molar-refractivity contribution is 7.84. The maximum Gasteiger partial charge on any atom is 0.123 e. The minimum atomic E-state index is -1.16. The van der Waals surface area contributed by atoms with Crippen LogP contribution in [0.1, 0.15) is 5.56 Å². The second kappa shape index (κ2) is 7.13. The molecule has 2 aromatic carbocycles. The zero-order valence-corrected chi connectivity index (χ0v) is 13.1. The molecular formula is C16H18O4S. The van der Waals surface area contributed by atoms with Crippen LogP contribution in [0, 0.1) is 0 Å². The Balaban J connectivity index is 2.21. The summed E-state index contributed by atoms with van der Waals surface area (Å²) in [4.78, 5) is 0.751. The SMILES string of the molecule is COc1ccc(S(=O)Cc2cc(OC)ccc2OC)cc1. The van der Waals surface area contributed by atoms with E-state index in [-0.39, 0.29) is 0 Å². The fourth-order valence-corrected chi connectivity index (χ4v) is 3.06. The van der Waals surface area contributed by atoms with Crippen molar-refractivity contribution in [1.29, 1.82) is 0 Å². The maximum absolute atomic E-state index is 12.5. The molecule has 2 rings (SSSR count). The molecule has 0 aliphatic rings. The average Bonchev–Trinajstić information content (AvgIpc) is 2.54. The highest BCUT2D eigenvalue weighted by Crippen LogP contribution is 2.27. The van der Waals surface area contributed by atoms with E-state index < -0.39 is 10.8 Å². The van der Waals surface area contributed by atoms with Gasteiger partial charge in [0.2, 0.25) is 0 Å². The fraction of sp³-hybridized carbons (Fsp3) is 0.250. The summed E-state index contributed by atoms with van der Waals surface area (Å²) in [6, 6.07) is 12.7. The first kappa shape index (κ1) is 15.4. The number of hydrogen-bond acceptors (Lipinski definition) is 4. The zero-order chi connectivity index (χ0) is 15.2. The Labute approximate surface area is 127 Å². The molecule has 0 saturated carbocycles. The highest BCUT2D eigenvalue weighted by atomic mass is 32.2. The molecule has 0 heterocycles. The van der Waals surface area contributed by atoms with Gasteiger partial charge in [-0.1, -0.05) is 0 Å². The fourth-order valence-electron chi connectivity index (χ4n) is 1.95. The van der Waals surface area contributed by atoms with E-state index in [1.54, 1.807) is 33.5 Å². The molecule has 0 amide bonds. The minimum absolute atomic E-state index is 0.368. The molecule has 21 heavy (non-hydrogen) atoms. The van der Waals surface area contributed by atoms with E-state index in [9.17, 15) is 4.21 Å². The molecule has 0 N–H and O–H groups in total. The van der Waals surface area contributed by atoms with Crippen LogP contribution in [0.5, 0.6) is 17.2 Å². The Hall–Kier alpha value is -2.01. The first-order valence-electron chi connectivity index (χ1n) is 6.41. The van der Waals surface area contributed by atoms with Gasteiger partial charge >= 0.3 is 0 Å². The summed E-state index contributed by atoms with van der Waals surface area (Å²) in [6.07, 6.45) is 0. The van der Waals surface area contributed by atoms with Gasteiger partial charge in [0.05, 0.1) is 37.9 Å². The average molecular weight is 306 g/mol. The van der Waals surface area contributed by atoms with Gasteiger partial charge < -0.3 is 14.2 Å². The van der Waals surface area contributed by atoms with E-state index in [1.807, 2.05) is 30.3 Å². The largest absolute Gasteiger partial charge is 0.497 e. The minimum Gasteiger partial charge on any atom is -0.497 e. The van der Waals surface area contributed by atoms with E-state index in [2.05, 4.69) is 0 Å². The summed E-state index contributed by atoms with van der Waals surface area (Å²) in [5.74, 6) is 2.54. The van der Waals surface area contributed by atoms with Gasteiger partial charge in [0.15, 0.2) is 0 Å². The van der Waals surface area contributed by atoms with Crippen molar-refractivity contribution in [3.63, 3.8) is 0 Å². The molecule has 0 saturated heterocycles. The lowest BCUT2D eigenvalue weighted by molar-refractivity contribution is 0.400. The third kappa shape index (κ3) is 3.76. The van der Waals surface area contributed by atoms with Gasteiger partial charge in [0, 0.05) is 10.5 Å². The van der Waals surface area contributed by atoms with Crippen LogP contribution >= 0.6 is 0 Å². The Kier molecular flexibility index (Phi) is 5.22. The lowest BCUT2D eigenvalue weighted by Gasteiger charge is -2.10. The van der Waals surface area contributed by atoms with Crippen molar-refractivity contribution in [2.75, 3.05) is 21.3 Å². The third-order valence-corrected chi connectivity index (χ3v) is 4.47. The molecule has 0 aliphatic heterocycles. The lowest BCUT2D eigenvalue weighted by Crippen LogP contribution is -2.00. The van der Waals surface area contributed by atoms with Crippen LogP contribution in [0.25, 0.3) is 0 Å². The van der Waals surface area contributed by atoms with Crippen molar-refractivity contribution in [3.05, 3.63) is 48.0 Å². The molecule has 0 fully saturated rings. The predicted octanol–water partition coefficient (Wildman–Crippen LogP) is 3.02. The summed E-state index contributed by atoms with van der Waals surface area (Å²) in [5.41, 5.74) is 0.853. The Bertz CT molecular complexity index is 623. The van der Waals surface area contributed by atoms with E-state index >= 15 is 0 Å². The normalized spacial score (nSPS) is 11.8. The van der Waals surface area contributed by atoms with E-state index in [0.29, 0.717) is 11.5 Å². The van der Waals surface area contributed by atoms with Crippen molar-refractivity contribution in [1.82, 2.24) is 0 Å². The van der Waals surface area contributed by atoms with Crippen molar-refractivity contribution >= 4 is 10.8 Å². The Morgan fingerprint density at radius 1 is 0.857 bits per heavy atom. The van der Waals surface area contributed by atoms with Crippen LogP contribution in [-0.4, -0.2) is 25.5 Å². The van der Waals surface area contributed by atoms with Gasteiger partial charge in [0.1, 0.15) is 17.2 Å². The highest BCUT2D eigenvalue weighted by Gasteiger charge is 2.11. The second-order valence-electron chi connectivity index (χ2n) is 4.34. The monoisotopic (exact) mass is 306 g/mol. The van der Waals surface area contributed by atoms with Crippen molar-refractivity contribution in [3.8, 4) is 17.2 Å². The van der Waals surface area contributed by atoms with Gasteiger partial charge in [-0.15, -0.1) is 0 Å². The topological polar surface area (TPSA) is 44.8 Å².